The number of urea groups is 1. The van der Waals surface area contributed by atoms with Gasteiger partial charge in [0.05, 0.1) is 0 Å². The highest BCUT2D eigenvalue weighted by Gasteiger charge is 2.48. The quantitative estimate of drug-likeness (QED) is 0.838. The minimum absolute atomic E-state index is 0.0107. The Morgan fingerprint density at radius 2 is 1.87 bits per heavy atom. The fourth-order valence-corrected chi connectivity index (χ4v) is 2.82. The van der Waals surface area contributed by atoms with Crippen molar-refractivity contribution >= 4 is 28.6 Å². The zero-order chi connectivity index (χ0) is 16.6. The van der Waals surface area contributed by atoms with E-state index in [1.165, 1.54) is 0 Å². The molecule has 3 N–H and O–H groups in total. The monoisotopic (exact) mass is 311 g/mol. The molecule has 4 amide bonds. The summed E-state index contributed by atoms with van der Waals surface area (Å²) in [6.45, 7) is 1.66. The molecule has 0 radical (unpaired) electrons. The molecule has 1 aliphatic rings. The van der Waals surface area contributed by atoms with Crippen LogP contribution < -0.4 is 11.1 Å². The average molecular weight is 311 g/mol. The van der Waals surface area contributed by atoms with Gasteiger partial charge in [-0.1, -0.05) is 36.4 Å². The van der Waals surface area contributed by atoms with Crippen LogP contribution in [0.1, 0.15) is 18.9 Å². The number of fused-ring (bicyclic) bond motifs is 1. The minimum atomic E-state index is -1.14. The van der Waals surface area contributed by atoms with E-state index < -0.39 is 17.5 Å². The van der Waals surface area contributed by atoms with Crippen LogP contribution in [0.5, 0.6) is 0 Å². The molecular weight excluding hydrogens is 294 g/mol. The van der Waals surface area contributed by atoms with Gasteiger partial charge in [-0.25, -0.2) is 4.79 Å². The first-order valence-electron chi connectivity index (χ1n) is 7.33. The molecule has 0 bridgehead atoms. The van der Waals surface area contributed by atoms with Crippen LogP contribution in [0.3, 0.4) is 0 Å². The number of nitrogens with one attached hydrogen (secondary N) is 1. The standard InChI is InChI=1S/C17H17N3O3/c1-17(13-7-6-11-4-2-3-5-12(11)10-13)15(22)20(16(23)19-17)9-8-14(18)21/h2-7,10H,8-9H2,1H3,(H2,18,21)(H,19,23)/t17-/m0/s1. The normalized spacial score (nSPS) is 20.8. The Bertz CT molecular complexity index is 818. The highest BCUT2D eigenvalue weighted by molar-refractivity contribution is 6.07. The van der Waals surface area contributed by atoms with Gasteiger partial charge in [-0.2, -0.15) is 0 Å². The van der Waals surface area contributed by atoms with Gasteiger partial charge in [-0.3, -0.25) is 14.5 Å². The van der Waals surface area contributed by atoms with Gasteiger partial charge in [-0.15, -0.1) is 0 Å². The predicted octanol–water partition coefficient (Wildman–Crippen LogP) is 1.48. The Balaban J connectivity index is 1.95. The second-order valence-corrected chi connectivity index (χ2v) is 5.79. The van der Waals surface area contributed by atoms with Crippen molar-refractivity contribution in [3.8, 4) is 0 Å². The van der Waals surface area contributed by atoms with Crippen molar-refractivity contribution in [1.29, 1.82) is 0 Å². The van der Waals surface area contributed by atoms with Crippen molar-refractivity contribution in [2.24, 2.45) is 5.73 Å². The number of benzene rings is 2. The number of hydrogen-bond donors (Lipinski definition) is 2. The lowest BCUT2D eigenvalue weighted by Gasteiger charge is -2.22. The van der Waals surface area contributed by atoms with Crippen LogP contribution in [0.25, 0.3) is 10.8 Å². The van der Waals surface area contributed by atoms with Crippen LogP contribution >= 0.6 is 0 Å². The van der Waals surface area contributed by atoms with Gasteiger partial charge in [0, 0.05) is 13.0 Å². The molecule has 2 aromatic rings. The molecule has 0 spiro atoms. The van der Waals surface area contributed by atoms with Crippen molar-refractivity contribution in [3.05, 3.63) is 48.0 Å². The second-order valence-electron chi connectivity index (χ2n) is 5.79. The molecule has 6 nitrogen and oxygen atoms in total. The lowest BCUT2D eigenvalue weighted by atomic mass is 9.90. The number of imide groups is 1. The third-order valence-corrected chi connectivity index (χ3v) is 4.18. The van der Waals surface area contributed by atoms with E-state index in [0.29, 0.717) is 5.56 Å². The topological polar surface area (TPSA) is 92.5 Å². The van der Waals surface area contributed by atoms with E-state index in [0.717, 1.165) is 15.7 Å². The molecule has 0 aliphatic carbocycles. The maximum absolute atomic E-state index is 12.7. The summed E-state index contributed by atoms with van der Waals surface area (Å²) in [5.74, 6) is -0.927. The summed E-state index contributed by atoms with van der Waals surface area (Å²) < 4.78 is 0. The van der Waals surface area contributed by atoms with Gasteiger partial charge >= 0.3 is 6.03 Å². The maximum Gasteiger partial charge on any atom is 0.325 e. The number of rotatable bonds is 4. The van der Waals surface area contributed by atoms with Gasteiger partial charge in [0.2, 0.25) is 5.91 Å². The summed E-state index contributed by atoms with van der Waals surface area (Å²) in [6.07, 6.45) is -0.0487. The molecule has 6 heteroatoms. The lowest BCUT2D eigenvalue weighted by Crippen LogP contribution is -2.41. The molecular formula is C17H17N3O3. The van der Waals surface area contributed by atoms with E-state index in [2.05, 4.69) is 5.32 Å². The number of amides is 4. The van der Waals surface area contributed by atoms with Crippen molar-refractivity contribution in [1.82, 2.24) is 10.2 Å². The molecule has 1 saturated heterocycles. The molecule has 1 fully saturated rings. The van der Waals surface area contributed by atoms with E-state index in [-0.39, 0.29) is 18.9 Å². The van der Waals surface area contributed by atoms with Gasteiger partial charge in [0.25, 0.3) is 5.91 Å². The molecule has 0 saturated carbocycles. The summed E-state index contributed by atoms with van der Waals surface area (Å²) in [7, 11) is 0. The zero-order valence-corrected chi connectivity index (χ0v) is 12.7. The molecule has 1 heterocycles. The average Bonchev–Trinajstić information content (AvgIpc) is 2.75. The maximum atomic E-state index is 12.7. The summed E-state index contributed by atoms with van der Waals surface area (Å²) in [5.41, 5.74) is 4.66. The third-order valence-electron chi connectivity index (χ3n) is 4.18. The molecule has 1 aliphatic heterocycles. The van der Waals surface area contributed by atoms with E-state index in [4.69, 9.17) is 5.73 Å². The number of hydrogen-bond acceptors (Lipinski definition) is 3. The summed E-state index contributed by atoms with van der Waals surface area (Å²) in [5, 5.41) is 4.77. The smallest absolute Gasteiger partial charge is 0.325 e. The van der Waals surface area contributed by atoms with Gasteiger partial charge in [0.15, 0.2) is 0 Å². The molecule has 0 aromatic heterocycles. The van der Waals surface area contributed by atoms with Crippen LogP contribution in [0, 0.1) is 0 Å². The van der Waals surface area contributed by atoms with Gasteiger partial charge in [-0.05, 0) is 29.3 Å². The molecule has 3 rings (SSSR count). The lowest BCUT2D eigenvalue weighted by molar-refractivity contribution is -0.131. The van der Waals surface area contributed by atoms with Crippen LogP contribution in [0.15, 0.2) is 42.5 Å². The molecule has 1 atom stereocenters. The Hall–Kier alpha value is -2.89. The zero-order valence-electron chi connectivity index (χ0n) is 12.7. The Kier molecular flexibility index (Phi) is 3.52. The second kappa shape index (κ2) is 5.39. The highest BCUT2D eigenvalue weighted by Crippen LogP contribution is 2.31. The Morgan fingerprint density at radius 1 is 1.17 bits per heavy atom. The first-order valence-corrected chi connectivity index (χ1v) is 7.33. The van der Waals surface area contributed by atoms with Crippen molar-refractivity contribution in [3.63, 3.8) is 0 Å². The van der Waals surface area contributed by atoms with E-state index in [1.807, 2.05) is 42.5 Å². The first kappa shape index (κ1) is 15.0. The number of carbonyl (C=O) groups excluding carboxylic acids is 3. The van der Waals surface area contributed by atoms with Crippen LogP contribution in [0.2, 0.25) is 0 Å². The molecule has 23 heavy (non-hydrogen) atoms. The Morgan fingerprint density at radius 3 is 2.57 bits per heavy atom. The summed E-state index contributed by atoms with van der Waals surface area (Å²) in [6, 6.07) is 12.9. The number of nitrogens with two attached hydrogens (primary N) is 1. The fraction of sp³-hybridized carbons (Fsp3) is 0.235. The van der Waals surface area contributed by atoms with Crippen molar-refractivity contribution < 1.29 is 14.4 Å². The van der Waals surface area contributed by atoms with Crippen molar-refractivity contribution in [2.75, 3.05) is 6.54 Å². The fourth-order valence-electron chi connectivity index (χ4n) is 2.82. The Labute approximate surface area is 133 Å². The molecule has 0 unspecified atom stereocenters. The van der Waals surface area contributed by atoms with Crippen LogP contribution in [0.4, 0.5) is 4.79 Å². The van der Waals surface area contributed by atoms with E-state index in [9.17, 15) is 14.4 Å². The van der Waals surface area contributed by atoms with Gasteiger partial charge < -0.3 is 11.1 Å². The first-order chi connectivity index (χ1) is 10.9. The highest BCUT2D eigenvalue weighted by atomic mass is 16.2. The largest absolute Gasteiger partial charge is 0.370 e. The van der Waals surface area contributed by atoms with Crippen LogP contribution in [-0.2, 0) is 15.1 Å². The molecule has 2 aromatic carbocycles. The summed E-state index contributed by atoms with van der Waals surface area (Å²) in [4.78, 5) is 36.7. The predicted molar refractivity (Wildman–Crippen MR) is 85.4 cm³/mol. The molecule has 118 valence electrons. The third kappa shape index (κ3) is 2.52. The number of nitrogens with zero attached hydrogens (tertiary/aromatic N) is 1. The number of primary amides is 1. The van der Waals surface area contributed by atoms with E-state index >= 15 is 0 Å². The SMILES string of the molecule is C[C@@]1(c2ccc3ccccc3c2)NC(=O)N(CCC(N)=O)C1=O. The minimum Gasteiger partial charge on any atom is -0.370 e. The van der Waals surface area contributed by atoms with E-state index in [1.54, 1.807) is 6.92 Å². The van der Waals surface area contributed by atoms with Gasteiger partial charge in [0.1, 0.15) is 5.54 Å². The number of carbonyl (C=O) groups is 3. The van der Waals surface area contributed by atoms with Crippen LogP contribution in [-0.4, -0.2) is 29.3 Å². The summed E-state index contributed by atoms with van der Waals surface area (Å²) >= 11 is 0. The van der Waals surface area contributed by atoms with Crippen molar-refractivity contribution in [2.45, 2.75) is 18.9 Å².